The summed E-state index contributed by atoms with van der Waals surface area (Å²) < 4.78 is 5.09. The van der Waals surface area contributed by atoms with Crippen LogP contribution in [0.3, 0.4) is 0 Å². The van der Waals surface area contributed by atoms with Gasteiger partial charge in [-0.1, -0.05) is 12.1 Å². The lowest BCUT2D eigenvalue weighted by Gasteiger charge is -2.10. The first-order valence-electron chi connectivity index (χ1n) is 5.50. The Labute approximate surface area is 89.1 Å². The van der Waals surface area contributed by atoms with E-state index in [0.29, 0.717) is 12.4 Å². The SMILES string of the molecule is CCCc1nc(CN2CCC(O)C2)no1. The molecule has 1 N–H and O–H groups in total. The fourth-order valence-corrected chi connectivity index (χ4v) is 1.83. The van der Waals surface area contributed by atoms with Crippen molar-refractivity contribution in [3.8, 4) is 0 Å². The number of aromatic nitrogens is 2. The van der Waals surface area contributed by atoms with Gasteiger partial charge in [-0.05, 0) is 12.8 Å². The van der Waals surface area contributed by atoms with Gasteiger partial charge in [0.2, 0.25) is 5.89 Å². The molecule has 2 rings (SSSR count). The molecule has 0 saturated carbocycles. The molecule has 5 heteroatoms. The molecule has 0 amide bonds. The largest absolute Gasteiger partial charge is 0.392 e. The van der Waals surface area contributed by atoms with Gasteiger partial charge in [-0.15, -0.1) is 0 Å². The van der Waals surface area contributed by atoms with E-state index < -0.39 is 0 Å². The Morgan fingerprint density at radius 1 is 1.60 bits per heavy atom. The van der Waals surface area contributed by atoms with Crippen LogP contribution < -0.4 is 0 Å². The van der Waals surface area contributed by atoms with Gasteiger partial charge in [0.25, 0.3) is 0 Å². The third-order valence-electron chi connectivity index (χ3n) is 2.59. The molecule has 1 unspecified atom stereocenters. The van der Waals surface area contributed by atoms with Crippen LogP contribution in [-0.4, -0.2) is 39.3 Å². The van der Waals surface area contributed by atoms with E-state index in [1.807, 2.05) is 0 Å². The smallest absolute Gasteiger partial charge is 0.226 e. The minimum atomic E-state index is -0.188. The number of aliphatic hydroxyl groups is 1. The van der Waals surface area contributed by atoms with Gasteiger partial charge in [-0.2, -0.15) is 4.98 Å². The zero-order valence-corrected chi connectivity index (χ0v) is 9.02. The maximum absolute atomic E-state index is 9.36. The van der Waals surface area contributed by atoms with Crippen molar-refractivity contribution in [2.75, 3.05) is 13.1 Å². The molecule has 15 heavy (non-hydrogen) atoms. The van der Waals surface area contributed by atoms with Crippen molar-refractivity contribution in [1.82, 2.24) is 15.0 Å². The van der Waals surface area contributed by atoms with Crippen LogP contribution in [0.25, 0.3) is 0 Å². The minimum absolute atomic E-state index is 0.188. The van der Waals surface area contributed by atoms with E-state index in [2.05, 4.69) is 22.0 Å². The first-order chi connectivity index (χ1) is 7.28. The Hall–Kier alpha value is -0.940. The monoisotopic (exact) mass is 211 g/mol. The number of rotatable bonds is 4. The van der Waals surface area contributed by atoms with Crippen molar-refractivity contribution in [2.24, 2.45) is 0 Å². The van der Waals surface area contributed by atoms with Crippen LogP contribution in [0.5, 0.6) is 0 Å². The quantitative estimate of drug-likeness (QED) is 0.789. The molecular formula is C10H17N3O2. The van der Waals surface area contributed by atoms with Gasteiger partial charge in [-0.25, -0.2) is 0 Å². The van der Waals surface area contributed by atoms with E-state index >= 15 is 0 Å². The average molecular weight is 211 g/mol. The van der Waals surface area contributed by atoms with E-state index in [9.17, 15) is 5.11 Å². The van der Waals surface area contributed by atoms with Crippen LogP contribution in [0, 0.1) is 0 Å². The van der Waals surface area contributed by atoms with E-state index in [-0.39, 0.29) is 6.10 Å². The maximum Gasteiger partial charge on any atom is 0.226 e. The predicted molar refractivity (Wildman–Crippen MR) is 54.2 cm³/mol. The van der Waals surface area contributed by atoms with Crippen molar-refractivity contribution in [3.63, 3.8) is 0 Å². The molecule has 0 aliphatic carbocycles. The van der Waals surface area contributed by atoms with Gasteiger partial charge in [-0.3, -0.25) is 4.90 Å². The molecule has 0 aromatic carbocycles. The van der Waals surface area contributed by atoms with E-state index in [1.165, 1.54) is 0 Å². The number of likely N-dealkylation sites (tertiary alicyclic amines) is 1. The molecule has 1 aliphatic heterocycles. The van der Waals surface area contributed by atoms with Crippen molar-refractivity contribution in [3.05, 3.63) is 11.7 Å². The zero-order chi connectivity index (χ0) is 10.7. The molecular weight excluding hydrogens is 194 g/mol. The Bertz CT molecular complexity index is 313. The van der Waals surface area contributed by atoms with Gasteiger partial charge in [0, 0.05) is 19.5 Å². The number of hydrogen-bond acceptors (Lipinski definition) is 5. The summed E-state index contributed by atoms with van der Waals surface area (Å²) >= 11 is 0. The van der Waals surface area contributed by atoms with Crippen LogP contribution >= 0.6 is 0 Å². The molecule has 1 aliphatic rings. The van der Waals surface area contributed by atoms with E-state index in [4.69, 9.17) is 4.52 Å². The Morgan fingerprint density at radius 3 is 3.13 bits per heavy atom. The lowest BCUT2D eigenvalue weighted by atomic mass is 10.3. The standard InChI is InChI=1S/C10H17N3O2/c1-2-3-10-11-9(12-15-10)7-13-5-4-8(14)6-13/h8,14H,2-7H2,1H3. The maximum atomic E-state index is 9.36. The van der Waals surface area contributed by atoms with Gasteiger partial charge in [0.15, 0.2) is 5.82 Å². The Morgan fingerprint density at radius 2 is 2.47 bits per heavy atom. The van der Waals surface area contributed by atoms with Crippen LogP contribution in [0.4, 0.5) is 0 Å². The number of aliphatic hydroxyl groups excluding tert-OH is 1. The van der Waals surface area contributed by atoms with Gasteiger partial charge >= 0.3 is 0 Å². The van der Waals surface area contributed by atoms with E-state index in [1.54, 1.807) is 0 Å². The Kier molecular flexibility index (Phi) is 3.33. The molecule has 5 nitrogen and oxygen atoms in total. The molecule has 0 spiro atoms. The Balaban J connectivity index is 1.87. The van der Waals surface area contributed by atoms with Crippen molar-refractivity contribution in [2.45, 2.75) is 38.8 Å². The van der Waals surface area contributed by atoms with Crippen molar-refractivity contribution in [1.29, 1.82) is 0 Å². The van der Waals surface area contributed by atoms with Crippen LogP contribution in [-0.2, 0) is 13.0 Å². The second-order valence-corrected chi connectivity index (χ2v) is 4.03. The highest BCUT2D eigenvalue weighted by atomic mass is 16.5. The fraction of sp³-hybridized carbons (Fsp3) is 0.800. The summed E-state index contributed by atoms with van der Waals surface area (Å²) in [7, 11) is 0. The molecule has 1 saturated heterocycles. The van der Waals surface area contributed by atoms with Crippen molar-refractivity contribution < 1.29 is 9.63 Å². The number of nitrogens with zero attached hydrogens (tertiary/aromatic N) is 3. The van der Waals surface area contributed by atoms with Gasteiger partial charge in [0.05, 0.1) is 12.6 Å². The summed E-state index contributed by atoms with van der Waals surface area (Å²) in [5, 5.41) is 13.3. The number of β-amino-alcohol motifs (C(OH)–C–C–N with tert-alkyl or cyclic N) is 1. The summed E-state index contributed by atoms with van der Waals surface area (Å²) in [6, 6.07) is 0. The first kappa shape index (κ1) is 10.6. The highest BCUT2D eigenvalue weighted by molar-refractivity contribution is 4.88. The highest BCUT2D eigenvalue weighted by Gasteiger charge is 2.21. The zero-order valence-electron chi connectivity index (χ0n) is 9.02. The van der Waals surface area contributed by atoms with Crippen LogP contribution in [0.2, 0.25) is 0 Å². The van der Waals surface area contributed by atoms with Crippen LogP contribution in [0.1, 0.15) is 31.5 Å². The first-order valence-corrected chi connectivity index (χ1v) is 5.50. The lowest BCUT2D eigenvalue weighted by molar-refractivity contribution is 0.173. The van der Waals surface area contributed by atoms with Gasteiger partial charge < -0.3 is 9.63 Å². The predicted octanol–water partition coefficient (Wildman–Crippen LogP) is 0.589. The average Bonchev–Trinajstić information content (AvgIpc) is 2.78. The third kappa shape index (κ3) is 2.76. The molecule has 0 bridgehead atoms. The third-order valence-corrected chi connectivity index (χ3v) is 2.59. The topological polar surface area (TPSA) is 62.4 Å². The molecule has 1 atom stereocenters. The summed E-state index contributed by atoms with van der Waals surface area (Å²) in [6.45, 7) is 4.40. The molecule has 2 heterocycles. The number of aryl methyl sites for hydroxylation is 1. The van der Waals surface area contributed by atoms with E-state index in [0.717, 1.165) is 38.2 Å². The molecule has 1 fully saturated rings. The normalized spacial score (nSPS) is 22.4. The molecule has 1 aromatic rings. The molecule has 0 radical (unpaired) electrons. The fourth-order valence-electron chi connectivity index (χ4n) is 1.83. The van der Waals surface area contributed by atoms with Crippen molar-refractivity contribution >= 4 is 0 Å². The minimum Gasteiger partial charge on any atom is -0.392 e. The second kappa shape index (κ2) is 4.72. The summed E-state index contributed by atoms with van der Waals surface area (Å²) in [5.74, 6) is 1.44. The van der Waals surface area contributed by atoms with Gasteiger partial charge in [0.1, 0.15) is 0 Å². The number of hydrogen-bond donors (Lipinski definition) is 1. The highest BCUT2D eigenvalue weighted by Crippen LogP contribution is 2.11. The van der Waals surface area contributed by atoms with Crippen LogP contribution in [0.15, 0.2) is 4.52 Å². The molecule has 1 aromatic heterocycles. The summed E-state index contributed by atoms with van der Waals surface area (Å²) in [4.78, 5) is 6.43. The summed E-state index contributed by atoms with van der Waals surface area (Å²) in [5.41, 5.74) is 0. The summed E-state index contributed by atoms with van der Waals surface area (Å²) in [6.07, 6.45) is 2.52. The molecule has 84 valence electrons. The lowest BCUT2D eigenvalue weighted by Crippen LogP contribution is -2.22. The second-order valence-electron chi connectivity index (χ2n) is 4.03.